The van der Waals surface area contributed by atoms with Crippen molar-refractivity contribution in [2.75, 3.05) is 6.54 Å². The Morgan fingerprint density at radius 1 is 1.33 bits per heavy atom. The highest BCUT2D eigenvalue weighted by Crippen LogP contribution is 2.16. The Balaban J connectivity index is 2.18. The molecule has 0 aliphatic rings. The number of hydrogen-bond donors (Lipinski definition) is 1. The second-order valence-electron chi connectivity index (χ2n) is 4.60. The Bertz CT molecular complexity index is 525. The van der Waals surface area contributed by atoms with Crippen molar-refractivity contribution in [1.82, 2.24) is 15.1 Å². The SMILES string of the molecule is CCNCc1ccoc1Cn1nc(C)c(C)c1C. The van der Waals surface area contributed by atoms with Gasteiger partial charge in [-0.1, -0.05) is 6.92 Å². The van der Waals surface area contributed by atoms with Gasteiger partial charge in [-0.15, -0.1) is 0 Å². The molecule has 2 aromatic rings. The van der Waals surface area contributed by atoms with Crippen LogP contribution in [-0.4, -0.2) is 16.3 Å². The lowest BCUT2D eigenvalue weighted by atomic mass is 10.2. The summed E-state index contributed by atoms with van der Waals surface area (Å²) in [6.07, 6.45) is 1.75. The van der Waals surface area contributed by atoms with E-state index in [-0.39, 0.29) is 0 Å². The van der Waals surface area contributed by atoms with Gasteiger partial charge in [-0.2, -0.15) is 5.10 Å². The van der Waals surface area contributed by atoms with E-state index in [0.717, 1.165) is 24.5 Å². The summed E-state index contributed by atoms with van der Waals surface area (Å²) in [5, 5.41) is 7.86. The van der Waals surface area contributed by atoms with Crippen LogP contribution >= 0.6 is 0 Å². The van der Waals surface area contributed by atoms with Crippen LogP contribution in [0.4, 0.5) is 0 Å². The van der Waals surface area contributed by atoms with Crippen molar-refractivity contribution in [3.05, 3.63) is 40.6 Å². The molecule has 0 aromatic carbocycles. The van der Waals surface area contributed by atoms with E-state index in [1.54, 1.807) is 6.26 Å². The zero-order valence-corrected chi connectivity index (χ0v) is 11.6. The lowest BCUT2D eigenvalue weighted by Crippen LogP contribution is -2.13. The molecule has 0 saturated heterocycles. The monoisotopic (exact) mass is 247 g/mol. The molecule has 98 valence electrons. The summed E-state index contributed by atoms with van der Waals surface area (Å²) < 4.78 is 7.58. The van der Waals surface area contributed by atoms with Gasteiger partial charge in [-0.05, 0) is 38.9 Å². The Morgan fingerprint density at radius 3 is 2.72 bits per heavy atom. The predicted molar refractivity (Wildman–Crippen MR) is 71.6 cm³/mol. The van der Waals surface area contributed by atoms with E-state index >= 15 is 0 Å². The average Bonchev–Trinajstić information content (AvgIpc) is 2.89. The molecule has 1 N–H and O–H groups in total. The summed E-state index contributed by atoms with van der Waals surface area (Å²) in [6, 6.07) is 2.02. The summed E-state index contributed by atoms with van der Waals surface area (Å²) in [7, 11) is 0. The third kappa shape index (κ3) is 2.48. The van der Waals surface area contributed by atoms with Gasteiger partial charge in [-0.25, -0.2) is 0 Å². The Morgan fingerprint density at radius 2 is 2.11 bits per heavy atom. The molecule has 0 aliphatic carbocycles. The van der Waals surface area contributed by atoms with Gasteiger partial charge in [0.15, 0.2) is 0 Å². The number of nitrogens with zero attached hydrogens (tertiary/aromatic N) is 2. The number of hydrogen-bond acceptors (Lipinski definition) is 3. The molecule has 2 heterocycles. The Kier molecular flexibility index (Phi) is 3.87. The normalized spacial score (nSPS) is 11.1. The van der Waals surface area contributed by atoms with Crippen LogP contribution < -0.4 is 5.32 Å². The fourth-order valence-corrected chi connectivity index (χ4v) is 2.00. The van der Waals surface area contributed by atoms with Crippen LogP contribution in [0, 0.1) is 20.8 Å². The molecule has 4 nitrogen and oxygen atoms in total. The van der Waals surface area contributed by atoms with Crippen LogP contribution in [0.3, 0.4) is 0 Å². The molecule has 0 fully saturated rings. The molecule has 0 atom stereocenters. The van der Waals surface area contributed by atoms with Gasteiger partial charge in [0.2, 0.25) is 0 Å². The highest BCUT2D eigenvalue weighted by molar-refractivity contribution is 5.24. The van der Waals surface area contributed by atoms with E-state index in [4.69, 9.17) is 4.42 Å². The molecule has 0 spiro atoms. The van der Waals surface area contributed by atoms with Crippen LogP contribution in [0.1, 0.15) is 35.2 Å². The minimum Gasteiger partial charge on any atom is -0.467 e. The molecule has 0 unspecified atom stereocenters. The second kappa shape index (κ2) is 5.40. The van der Waals surface area contributed by atoms with Gasteiger partial charge < -0.3 is 9.73 Å². The minimum absolute atomic E-state index is 0.703. The highest BCUT2D eigenvalue weighted by Gasteiger charge is 2.11. The summed E-state index contributed by atoms with van der Waals surface area (Å²) in [4.78, 5) is 0. The second-order valence-corrected chi connectivity index (χ2v) is 4.60. The molecular weight excluding hydrogens is 226 g/mol. The summed E-state index contributed by atoms with van der Waals surface area (Å²) in [5.41, 5.74) is 4.77. The third-order valence-corrected chi connectivity index (χ3v) is 3.44. The highest BCUT2D eigenvalue weighted by atomic mass is 16.3. The predicted octanol–water partition coefficient (Wildman–Crippen LogP) is 2.56. The standard InChI is InChI=1S/C14H21N3O/c1-5-15-8-13-6-7-18-14(13)9-17-12(4)10(2)11(3)16-17/h6-7,15H,5,8-9H2,1-4H3. The van der Waals surface area contributed by atoms with Gasteiger partial charge >= 0.3 is 0 Å². The summed E-state index contributed by atoms with van der Waals surface area (Å²) in [5.74, 6) is 0.988. The van der Waals surface area contributed by atoms with Gasteiger partial charge in [0.25, 0.3) is 0 Å². The molecule has 2 aromatic heterocycles. The van der Waals surface area contributed by atoms with Crippen molar-refractivity contribution in [2.45, 2.75) is 40.8 Å². The quantitative estimate of drug-likeness (QED) is 0.883. The van der Waals surface area contributed by atoms with E-state index in [9.17, 15) is 0 Å². The Hall–Kier alpha value is -1.55. The van der Waals surface area contributed by atoms with Crippen molar-refractivity contribution in [2.24, 2.45) is 0 Å². The smallest absolute Gasteiger partial charge is 0.129 e. The molecule has 0 saturated carbocycles. The summed E-state index contributed by atoms with van der Waals surface area (Å²) in [6.45, 7) is 10.9. The van der Waals surface area contributed by atoms with Crippen LogP contribution in [-0.2, 0) is 13.1 Å². The number of aromatic nitrogens is 2. The van der Waals surface area contributed by atoms with E-state index in [0.29, 0.717) is 6.54 Å². The van der Waals surface area contributed by atoms with E-state index in [1.807, 2.05) is 17.7 Å². The van der Waals surface area contributed by atoms with E-state index in [2.05, 4.69) is 31.2 Å². The number of aryl methyl sites for hydroxylation is 1. The zero-order valence-electron chi connectivity index (χ0n) is 11.6. The topological polar surface area (TPSA) is 43.0 Å². The fraction of sp³-hybridized carbons (Fsp3) is 0.500. The molecule has 4 heteroatoms. The minimum atomic E-state index is 0.703. The molecule has 18 heavy (non-hydrogen) atoms. The lowest BCUT2D eigenvalue weighted by molar-refractivity contribution is 0.468. The van der Waals surface area contributed by atoms with Crippen molar-refractivity contribution in [1.29, 1.82) is 0 Å². The molecule has 0 aliphatic heterocycles. The van der Waals surface area contributed by atoms with Crippen LogP contribution in [0.5, 0.6) is 0 Å². The molecule has 0 bridgehead atoms. The van der Waals surface area contributed by atoms with Crippen LogP contribution in [0.2, 0.25) is 0 Å². The molecule has 0 radical (unpaired) electrons. The van der Waals surface area contributed by atoms with Crippen LogP contribution in [0.25, 0.3) is 0 Å². The van der Waals surface area contributed by atoms with Gasteiger partial charge in [0.05, 0.1) is 18.5 Å². The number of rotatable bonds is 5. The van der Waals surface area contributed by atoms with Gasteiger partial charge in [0, 0.05) is 17.8 Å². The maximum absolute atomic E-state index is 5.57. The first-order valence-electron chi connectivity index (χ1n) is 6.40. The van der Waals surface area contributed by atoms with Gasteiger partial charge in [0.1, 0.15) is 5.76 Å². The first kappa shape index (κ1) is 12.9. The first-order valence-corrected chi connectivity index (χ1v) is 6.40. The Labute approximate surface area is 108 Å². The zero-order chi connectivity index (χ0) is 13.1. The van der Waals surface area contributed by atoms with Crippen molar-refractivity contribution >= 4 is 0 Å². The fourth-order valence-electron chi connectivity index (χ4n) is 2.00. The molecule has 0 amide bonds. The number of nitrogens with one attached hydrogen (secondary N) is 1. The van der Waals surface area contributed by atoms with E-state index < -0.39 is 0 Å². The molecular formula is C14H21N3O. The third-order valence-electron chi connectivity index (χ3n) is 3.44. The van der Waals surface area contributed by atoms with Crippen molar-refractivity contribution in [3.8, 4) is 0 Å². The van der Waals surface area contributed by atoms with Crippen molar-refractivity contribution < 1.29 is 4.42 Å². The van der Waals surface area contributed by atoms with Gasteiger partial charge in [-0.3, -0.25) is 4.68 Å². The number of furan rings is 1. The summed E-state index contributed by atoms with van der Waals surface area (Å²) >= 11 is 0. The largest absolute Gasteiger partial charge is 0.467 e. The van der Waals surface area contributed by atoms with Crippen molar-refractivity contribution in [3.63, 3.8) is 0 Å². The van der Waals surface area contributed by atoms with E-state index in [1.165, 1.54) is 16.8 Å². The lowest BCUT2D eigenvalue weighted by Gasteiger charge is -2.05. The maximum atomic E-state index is 5.57. The first-order chi connectivity index (χ1) is 8.63. The maximum Gasteiger partial charge on any atom is 0.129 e. The van der Waals surface area contributed by atoms with Crippen LogP contribution in [0.15, 0.2) is 16.7 Å². The molecule has 2 rings (SSSR count). The average molecular weight is 247 g/mol.